The van der Waals surface area contributed by atoms with Gasteiger partial charge in [-0.05, 0) is 31.0 Å². The van der Waals surface area contributed by atoms with E-state index < -0.39 is 0 Å². The minimum atomic E-state index is 0.494. The molecule has 0 unspecified atom stereocenters. The molecule has 5 nitrogen and oxygen atoms in total. The van der Waals surface area contributed by atoms with E-state index in [9.17, 15) is 0 Å². The molecule has 0 bridgehead atoms. The molecule has 0 aliphatic rings. The second-order valence-electron chi connectivity index (χ2n) is 5.73. The highest BCUT2D eigenvalue weighted by Gasteiger charge is 2.05. The topological polar surface area (TPSA) is 68.2 Å². The molecule has 1 heterocycles. The Hall–Kier alpha value is -2.82. The summed E-state index contributed by atoms with van der Waals surface area (Å²) in [5.41, 5.74) is 9.39. The van der Waals surface area contributed by atoms with E-state index in [2.05, 4.69) is 38.1 Å². The van der Waals surface area contributed by atoms with E-state index in [1.807, 2.05) is 43.3 Å². The summed E-state index contributed by atoms with van der Waals surface area (Å²) in [7, 11) is 0. The lowest BCUT2D eigenvalue weighted by atomic mass is 10.2. The first-order valence-corrected chi connectivity index (χ1v) is 8.23. The standard InChI is InChI=1S/C19H23N5/c1-15-23-17-9-5-6-10-18(17)24(15)14-13-22-19(20)21-12-11-16-7-3-2-4-8-16/h2-10H,11-14H2,1H3,(H3,20,21,22). The van der Waals surface area contributed by atoms with Crippen molar-refractivity contribution >= 4 is 17.0 Å². The summed E-state index contributed by atoms with van der Waals surface area (Å²) in [6.07, 6.45) is 0.897. The Kier molecular flexibility index (Phi) is 5.11. The van der Waals surface area contributed by atoms with Crippen LogP contribution in [0.1, 0.15) is 11.4 Å². The molecule has 0 amide bonds. The van der Waals surface area contributed by atoms with E-state index in [0.717, 1.165) is 36.4 Å². The number of para-hydroxylation sites is 2. The van der Waals surface area contributed by atoms with E-state index >= 15 is 0 Å². The number of rotatable bonds is 6. The molecule has 0 aliphatic heterocycles. The van der Waals surface area contributed by atoms with Crippen LogP contribution in [0.5, 0.6) is 0 Å². The number of nitrogens with one attached hydrogen (secondary N) is 1. The molecule has 2 aromatic carbocycles. The first kappa shape index (κ1) is 16.1. The van der Waals surface area contributed by atoms with Crippen molar-refractivity contribution in [3.63, 3.8) is 0 Å². The molecule has 0 saturated carbocycles. The number of aromatic nitrogens is 2. The van der Waals surface area contributed by atoms with Crippen LogP contribution < -0.4 is 11.1 Å². The number of aryl methyl sites for hydroxylation is 1. The fourth-order valence-corrected chi connectivity index (χ4v) is 2.78. The monoisotopic (exact) mass is 321 g/mol. The van der Waals surface area contributed by atoms with Gasteiger partial charge >= 0.3 is 0 Å². The molecule has 3 rings (SSSR count). The van der Waals surface area contributed by atoms with Crippen LogP contribution in [0, 0.1) is 6.92 Å². The predicted octanol–water partition coefficient (Wildman–Crippen LogP) is 2.49. The number of aliphatic imine (C=N–C) groups is 1. The van der Waals surface area contributed by atoms with Crippen molar-refractivity contribution in [3.8, 4) is 0 Å². The summed E-state index contributed by atoms with van der Waals surface area (Å²) in [6.45, 7) is 4.25. The number of imidazole rings is 1. The second kappa shape index (κ2) is 7.64. The Morgan fingerprint density at radius 1 is 1.12 bits per heavy atom. The minimum Gasteiger partial charge on any atom is -0.370 e. The molecule has 0 aliphatic carbocycles. The lowest BCUT2D eigenvalue weighted by Gasteiger charge is -2.09. The molecular weight excluding hydrogens is 298 g/mol. The van der Waals surface area contributed by atoms with Crippen LogP contribution in [0.3, 0.4) is 0 Å². The lowest BCUT2D eigenvalue weighted by Crippen LogP contribution is -2.34. The van der Waals surface area contributed by atoms with Gasteiger partial charge in [-0.2, -0.15) is 0 Å². The van der Waals surface area contributed by atoms with Gasteiger partial charge in [-0.1, -0.05) is 42.5 Å². The molecule has 0 atom stereocenters. The molecule has 0 saturated heterocycles. The zero-order valence-electron chi connectivity index (χ0n) is 13.9. The highest BCUT2D eigenvalue weighted by molar-refractivity contribution is 5.78. The summed E-state index contributed by atoms with van der Waals surface area (Å²) in [4.78, 5) is 8.95. The Balaban J connectivity index is 1.50. The Labute approximate surface area is 142 Å². The van der Waals surface area contributed by atoms with E-state index in [0.29, 0.717) is 12.5 Å². The summed E-state index contributed by atoms with van der Waals surface area (Å²) in [6, 6.07) is 18.5. The first-order chi connectivity index (χ1) is 11.7. The fourth-order valence-electron chi connectivity index (χ4n) is 2.78. The van der Waals surface area contributed by atoms with Gasteiger partial charge in [-0.25, -0.2) is 4.98 Å². The molecule has 3 aromatic rings. The van der Waals surface area contributed by atoms with Gasteiger partial charge in [-0.3, -0.25) is 4.99 Å². The quantitative estimate of drug-likeness (QED) is 0.541. The highest BCUT2D eigenvalue weighted by Crippen LogP contribution is 2.14. The smallest absolute Gasteiger partial charge is 0.188 e. The number of hydrogen-bond donors (Lipinski definition) is 2. The molecule has 1 aromatic heterocycles. The highest BCUT2D eigenvalue weighted by atomic mass is 15.1. The largest absolute Gasteiger partial charge is 0.370 e. The maximum atomic E-state index is 5.94. The zero-order chi connectivity index (χ0) is 16.8. The molecule has 24 heavy (non-hydrogen) atoms. The average Bonchev–Trinajstić information content (AvgIpc) is 2.92. The molecule has 0 fully saturated rings. The van der Waals surface area contributed by atoms with Crippen LogP contribution in [0.4, 0.5) is 0 Å². The van der Waals surface area contributed by atoms with E-state index in [-0.39, 0.29) is 0 Å². The number of fused-ring (bicyclic) bond motifs is 1. The van der Waals surface area contributed by atoms with Crippen molar-refractivity contribution in [2.24, 2.45) is 10.7 Å². The van der Waals surface area contributed by atoms with Crippen molar-refractivity contribution in [1.29, 1.82) is 0 Å². The first-order valence-electron chi connectivity index (χ1n) is 8.23. The lowest BCUT2D eigenvalue weighted by molar-refractivity contribution is 0.668. The van der Waals surface area contributed by atoms with Gasteiger partial charge in [0.15, 0.2) is 5.96 Å². The van der Waals surface area contributed by atoms with Crippen molar-refractivity contribution in [1.82, 2.24) is 14.9 Å². The Bertz CT molecular complexity index is 820. The molecule has 0 radical (unpaired) electrons. The van der Waals surface area contributed by atoms with Crippen LogP contribution in [0.25, 0.3) is 11.0 Å². The molecular formula is C19H23N5. The van der Waals surface area contributed by atoms with Crippen molar-refractivity contribution < 1.29 is 0 Å². The predicted molar refractivity (Wildman–Crippen MR) is 99.1 cm³/mol. The summed E-state index contributed by atoms with van der Waals surface area (Å²) in [5.74, 6) is 1.51. The zero-order valence-corrected chi connectivity index (χ0v) is 13.9. The van der Waals surface area contributed by atoms with Gasteiger partial charge in [0, 0.05) is 19.6 Å². The molecule has 5 heteroatoms. The van der Waals surface area contributed by atoms with E-state index in [1.165, 1.54) is 5.56 Å². The maximum absolute atomic E-state index is 5.94. The Morgan fingerprint density at radius 3 is 2.71 bits per heavy atom. The molecule has 0 spiro atoms. The van der Waals surface area contributed by atoms with E-state index in [4.69, 9.17) is 5.73 Å². The number of benzene rings is 2. The third kappa shape index (κ3) is 3.93. The normalized spacial score (nSPS) is 11.8. The van der Waals surface area contributed by atoms with Gasteiger partial charge in [0.2, 0.25) is 0 Å². The number of nitrogens with two attached hydrogens (primary N) is 1. The average molecular weight is 321 g/mol. The van der Waals surface area contributed by atoms with Crippen molar-refractivity contribution in [2.75, 3.05) is 13.1 Å². The third-order valence-corrected chi connectivity index (χ3v) is 4.01. The molecule has 3 N–H and O–H groups in total. The van der Waals surface area contributed by atoms with Gasteiger partial charge in [0.05, 0.1) is 11.0 Å². The number of hydrogen-bond acceptors (Lipinski definition) is 2. The van der Waals surface area contributed by atoms with Crippen molar-refractivity contribution in [2.45, 2.75) is 19.9 Å². The van der Waals surface area contributed by atoms with Crippen LogP contribution in [-0.4, -0.2) is 28.6 Å². The molecule has 124 valence electrons. The Morgan fingerprint density at radius 2 is 1.88 bits per heavy atom. The van der Waals surface area contributed by atoms with Gasteiger partial charge < -0.3 is 15.6 Å². The maximum Gasteiger partial charge on any atom is 0.188 e. The van der Waals surface area contributed by atoms with Crippen LogP contribution in [0.2, 0.25) is 0 Å². The van der Waals surface area contributed by atoms with Crippen LogP contribution in [-0.2, 0) is 13.0 Å². The van der Waals surface area contributed by atoms with Gasteiger partial charge in [0.1, 0.15) is 5.82 Å². The van der Waals surface area contributed by atoms with Gasteiger partial charge in [0.25, 0.3) is 0 Å². The SMILES string of the molecule is Cc1nc2ccccc2n1CCNC(N)=NCCc1ccccc1. The number of guanidine groups is 1. The minimum absolute atomic E-state index is 0.494. The van der Waals surface area contributed by atoms with Crippen LogP contribution in [0.15, 0.2) is 59.6 Å². The van der Waals surface area contributed by atoms with Crippen LogP contribution >= 0.6 is 0 Å². The summed E-state index contributed by atoms with van der Waals surface area (Å²) >= 11 is 0. The van der Waals surface area contributed by atoms with Crippen molar-refractivity contribution in [3.05, 3.63) is 66.0 Å². The van der Waals surface area contributed by atoms with Gasteiger partial charge in [-0.15, -0.1) is 0 Å². The summed E-state index contributed by atoms with van der Waals surface area (Å²) in [5, 5.41) is 3.18. The summed E-state index contributed by atoms with van der Waals surface area (Å²) < 4.78 is 2.19. The third-order valence-electron chi connectivity index (χ3n) is 4.01. The fraction of sp³-hybridized carbons (Fsp3) is 0.263. The van der Waals surface area contributed by atoms with E-state index in [1.54, 1.807) is 0 Å². The second-order valence-corrected chi connectivity index (χ2v) is 5.73. The number of nitrogens with zero attached hydrogens (tertiary/aromatic N) is 3.